The van der Waals surface area contributed by atoms with Crippen LogP contribution in [0.4, 0.5) is 0 Å². The lowest BCUT2D eigenvalue weighted by atomic mass is 10.2. The molecule has 1 aromatic heterocycles. The average molecular weight is 274 g/mol. The van der Waals surface area contributed by atoms with Crippen molar-refractivity contribution < 1.29 is 9.53 Å². The van der Waals surface area contributed by atoms with Crippen LogP contribution in [0, 0.1) is 6.92 Å². The van der Waals surface area contributed by atoms with Crippen LogP contribution < -0.4 is 0 Å². The molecule has 0 aliphatic rings. The van der Waals surface area contributed by atoms with Gasteiger partial charge >= 0.3 is 5.97 Å². The van der Waals surface area contributed by atoms with Gasteiger partial charge < -0.3 is 4.74 Å². The molecule has 0 spiro atoms. The van der Waals surface area contributed by atoms with Crippen LogP contribution in [0.5, 0.6) is 0 Å². The molecular formula is C11H16BrNO2. The zero-order valence-electron chi connectivity index (χ0n) is 9.50. The number of ether oxygens (including phenoxy) is 1. The molecule has 84 valence electrons. The van der Waals surface area contributed by atoms with E-state index in [2.05, 4.69) is 20.9 Å². The van der Waals surface area contributed by atoms with Crippen molar-refractivity contribution in [1.29, 1.82) is 0 Å². The average Bonchev–Trinajstić information content (AvgIpc) is 2.25. The van der Waals surface area contributed by atoms with E-state index in [1.807, 2.05) is 20.8 Å². The van der Waals surface area contributed by atoms with Gasteiger partial charge in [-0.25, -0.2) is 4.79 Å². The normalized spacial score (nSPS) is 8.87. The van der Waals surface area contributed by atoms with E-state index in [1.54, 1.807) is 13.1 Å². The molecule has 15 heavy (non-hydrogen) atoms. The van der Waals surface area contributed by atoms with Crippen LogP contribution in [-0.4, -0.2) is 17.6 Å². The van der Waals surface area contributed by atoms with Gasteiger partial charge in [0.2, 0.25) is 0 Å². The summed E-state index contributed by atoms with van der Waals surface area (Å²) in [5.41, 5.74) is 1.37. The van der Waals surface area contributed by atoms with E-state index in [4.69, 9.17) is 4.74 Å². The second-order valence-corrected chi connectivity index (χ2v) is 3.37. The Balaban J connectivity index is 0.000000921. The van der Waals surface area contributed by atoms with Gasteiger partial charge in [-0.3, -0.25) is 4.98 Å². The fourth-order valence-electron chi connectivity index (χ4n) is 0.914. The Hall–Kier alpha value is -0.900. The van der Waals surface area contributed by atoms with Crippen LogP contribution in [0.15, 0.2) is 16.9 Å². The summed E-state index contributed by atoms with van der Waals surface area (Å²) >= 11 is 3.30. The number of esters is 1. The van der Waals surface area contributed by atoms with Crippen LogP contribution in [0.3, 0.4) is 0 Å². The van der Waals surface area contributed by atoms with E-state index < -0.39 is 0 Å². The lowest BCUT2D eigenvalue weighted by Gasteiger charge is -2.05. The van der Waals surface area contributed by atoms with E-state index in [9.17, 15) is 4.79 Å². The van der Waals surface area contributed by atoms with Gasteiger partial charge in [-0.1, -0.05) is 13.8 Å². The maximum Gasteiger partial charge on any atom is 0.340 e. The monoisotopic (exact) mass is 273 g/mol. The number of pyridine rings is 1. The Kier molecular flexibility index (Phi) is 6.96. The van der Waals surface area contributed by atoms with Gasteiger partial charge in [-0.15, -0.1) is 0 Å². The Morgan fingerprint density at radius 1 is 1.47 bits per heavy atom. The van der Waals surface area contributed by atoms with Crippen molar-refractivity contribution >= 4 is 21.9 Å². The minimum Gasteiger partial charge on any atom is -0.462 e. The van der Waals surface area contributed by atoms with Crippen molar-refractivity contribution in [2.24, 2.45) is 0 Å². The minimum absolute atomic E-state index is 0.325. The van der Waals surface area contributed by atoms with E-state index in [0.717, 1.165) is 10.0 Å². The summed E-state index contributed by atoms with van der Waals surface area (Å²) in [5, 5.41) is 0. The predicted molar refractivity (Wildman–Crippen MR) is 64.0 cm³/mol. The molecule has 0 bridgehead atoms. The number of aromatic nitrogens is 1. The van der Waals surface area contributed by atoms with Crippen molar-refractivity contribution in [3.63, 3.8) is 0 Å². The van der Waals surface area contributed by atoms with Crippen molar-refractivity contribution in [3.05, 3.63) is 28.0 Å². The van der Waals surface area contributed by atoms with Crippen LogP contribution in [-0.2, 0) is 4.74 Å². The number of hydrogen-bond acceptors (Lipinski definition) is 3. The third-order valence-electron chi connectivity index (χ3n) is 1.65. The van der Waals surface area contributed by atoms with Gasteiger partial charge in [0.1, 0.15) is 0 Å². The van der Waals surface area contributed by atoms with Crippen LogP contribution in [0.2, 0.25) is 0 Å². The standard InChI is InChI=1S/C9H10BrNO2.C2H6/c1-3-13-9(12)7-4-11-5-8(10)6(7)2;1-2/h4-5H,3H2,1-2H3;1-2H3. The summed E-state index contributed by atoms with van der Waals surface area (Å²) in [6, 6.07) is 0. The molecule has 0 aliphatic carbocycles. The summed E-state index contributed by atoms with van der Waals surface area (Å²) in [5.74, 6) is -0.325. The van der Waals surface area contributed by atoms with E-state index in [1.165, 1.54) is 6.20 Å². The fraction of sp³-hybridized carbons (Fsp3) is 0.455. The van der Waals surface area contributed by atoms with Crippen LogP contribution >= 0.6 is 15.9 Å². The van der Waals surface area contributed by atoms with Gasteiger partial charge in [0.15, 0.2) is 0 Å². The topological polar surface area (TPSA) is 39.2 Å². The first-order chi connectivity index (χ1) is 7.16. The summed E-state index contributed by atoms with van der Waals surface area (Å²) in [6.45, 7) is 8.00. The quantitative estimate of drug-likeness (QED) is 0.776. The predicted octanol–water partition coefficient (Wildman–Crippen LogP) is 3.36. The SMILES string of the molecule is CC.CCOC(=O)c1cncc(Br)c1C. The molecule has 1 rings (SSSR count). The van der Waals surface area contributed by atoms with Gasteiger partial charge in [-0.05, 0) is 35.3 Å². The Bertz CT molecular complexity index is 326. The van der Waals surface area contributed by atoms with Gasteiger partial charge in [0.05, 0.1) is 12.2 Å². The molecule has 4 heteroatoms. The van der Waals surface area contributed by atoms with Crippen molar-refractivity contribution in [3.8, 4) is 0 Å². The molecule has 1 aromatic rings. The van der Waals surface area contributed by atoms with Crippen LogP contribution in [0.25, 0.3) is 0 Å². The van der Waals surface area contributed by atoms with E-state index in [0.29, 0.717) is 12.2 Å². The fourth-order valence-corrected chi connectivity index (χ4v) is 1.25. The number of carbonyl (C=O) groups excluding carboxylic acids is 1. The lowest BCUT2D eigenvalue weighted by molar-refractivity contribution is 0.0525. The third-order valence-corrected chi connectivity index (χ3v) is 2.45. The number of rotatable bonds is 2. The zero-order valence-corrected chi connectivity index (χ0v) is 11.1. The van der Waals surface area contributed by atoms with E-state index >= 15 is 0 Å². The molecule has 0 unspecified atom stereocenters. The maximum atomic E-state index is 11.3. The summed E-state index contributed by atoms with van der Waals surface area (Å²) in [4.78, 5) is 15.2. The first kappa shape index (κ1) is 14.1. The highest BCUT2D eigenvalue weighted by Crippen LogP contribution is 2.18. The van der Waals surface area contributed by atoms with Gasteiger partial charge in [0, 0.05) is 16.9 Å². The molecule has 0 aliphatic heterocycles. The van der Waals surface area contributed by atoms with Crippen molar-refractivity contribution in [1.82, 2.24) is 4.98 Å². The van der Waals surface area contributed by atoms with Gasteiger partial charge in [0.25, 0.3) is 0 Å². The summed E-state index contributed by atoms with van der Waals surface area (Å²) in [7, 11) is 0. The van der Waals surface area contributed by atoms with Crippen molar-refractivity contribution in [2.45, 2.75) is 27.7 Å². The molecule has 3 nitrogen and oxygen atoms in total. The zero-order chi connectivity index (χ0) is 11.8. The highest BCUT2D eigenvalue weighted by Gasteiger charge is 2.11. The molecule has 0 radical (unpaired) electrons. The molecule has 0 aromatic carbocycles. The summed E-state index contributed by atoms with van der Waals surface area (Å²) in [6.07, 6.45) is 3.16. The number of carbonyl (C=O) groups is 1. The number of halogens is 1. The summed E-state index contributed by atoms with van der Waals surface area (Å²) < 4.78 is 5.68. The second kappa shape index (κ2) is 7.40. The molecule has 1 heterocycles. The largest absolute Gasteiger partial charge is 0.462 e. The molecule has 0 saturated carbocycles. The Labute approximate surface area is 99.0 Å². The first-order valence-electron chi connectivity index (χ1n) is 4.94. The maximum absolute atomic E-state index is 11.3. The van der Waals surface area contributed by atoms with E-state index in [-0.39, 0.29) is 5.97 Å². The lowest BCUT2D eigenvalue weighted by Crippen LogP contribution is -2.07. The second-order valence-electron chi connectivity index (χ2n) is 2.51. The van der Waals surface area contributed by atoms with Crippen LogP contribution in [0.1, 0.15) is 36.7 Å². The smallest absolute Gasteiger partial charge is 0.340 e. The number of hydrogen-bond donors (Lipinski definition) is 0. The molecule has 0 atom stereocenters. The number of nitrogens with zero attached hydrogens (tertiary/aromatic N) is 1. The Morgan fingerprint density at radius 3 is 2.60 bits per heavy atom. The molecule has 0 amide bonds. The molecular weight excluding hydrogens is 258 g/mol. The molecule has 0 N–H and O–H groups in total. The highest BCUT2D eigenvalue weighted by atomic mass is 79.9. The van der Waals surface area contributed by atoms with Crippen molar-refractivity contribution in [2.75, 3.05) is 6.61 Å². The highest BCUT2D eigenvalue weighted by molar-refractivity contribution is 9.10. The minimum atomic E-state index is -0.325. The molecule has 0 saturated heterocycles. The first-order valence-corrected chi connectivity index (χ1v) is 5.73. The molecule has 0 fully saturated rings. The Morgan fingerprint density at radius 2 is 2.07 bits per heavy atom. The van der Waals surface area contributed by atoms with Gasteiger partial charge in [-0.2, -0.15) is 0 Å². The third kappa shape index (κ3) is 4.00.